The molecule has 20 heavy (non-hydrogen) atoms. The Bertz CT molecular complexity index is 577. The minimum Gasteiger partial charge on any atom is -0.435 e. The molecule has 0 saturated heterocycles. The van der Waals surface area contributed by atoms with Crippen LogP contribution in [-0.2, 0) is 6.42 Å². The summed E-state index contributed by atoms with van der Waals surface area (Å²) in [5.41, 5.74) is 1.62. The Balaban J connectivity index is 2.21. The summed E-state index contributed by atoms with van der Waals surface area (Å²) in [6.07, 6.45) is 0.587. The number of benzene rings is 2. The van der Waals surface area contributed by atoms with E-state index in [0.29, 0.717) is 17.0 Å². The number of rotatable bonds is 5. The maximum atomic E-state index is 12.4. The monoisotopic (exact) mass is 360 g/mol. The highest BCUT2D eigenvalue weighted by Gasteiger charge is 2.17. The Morgan fingerprint density at radius 2 is 1.70 bits per heavy atom. The van der Waals surface area contributed by atoms with Crippen molar-refractivity contribution >= 4 is 27.5 Å². The molecule has 106 valence electrons. The van der Waals surface area contributed by atoms with Crippen LogP contribution in [0.5, 0.6) is 5.75 Å². The van der Waals surface area contributed by atoms with E-state index in [9.17, 15) is 8.78 Å². The fourth-order valence-corrected chi connectivity index (χ4v) is 2.85. The van der Waals surface area contributed by atoms with Gasteiger partial charge in [-0.25, -0.2) is 0 Å². The van der Waals surface area contributed by atoms with Crippen molar-refractivity contribution in [1.82, 2.24) is 0 Å². The Morgan fingerprint density at radius 1 is 1.05 bits per heavy atom. The number of para-hydroxylation sites is 1. The van der Waals surface area contributed by atoms with Crippen molar-refractivity contribution in [1.29, 1.82) is 0 Å². The zero-order valence-corrected chi connectivity index (χ0v) is 12.7. The van der Waals surface area contributed by atoms with Crippen molar-refractivity contribution in [2.24, 2.45) is 0 Å². The molecule has 1 nitrogen and oxygen atoms in total. The molecule has 0 N–H and O–H groups in total. The average Bonchev–Trinajstić information content (AvgIpc) is 2.41. The number of ether oxygens (including phenoxy) is 1. The lowest BCUT2D eigenvalue weighted by Gasteiger charge is -2.16. The summed E-state index contributed by atoms with van der Waals surface area (Å²) in [6, 6.07) is 14.2. The van der Waals surface area contributed by atoms with Gasteiger partial charge in [-0.05, 0) is 24.1 Å². The maximum absolute atomic E-state index is 12.4. The van der Waals surface area contributed by atoms with Gasteiger partial charge in [0.2, 0.25) is 0 Å². The predicted molar refractivity (Wildman–Crippen MR) is 79.9 cm³/mol. The molecule has 0 aliphatic rings. The first-order valence-electron chi connectivity index (χ1n) is 5.99. The van der Waals surface area contributed by atoms with E-state index in [1.54, 1.807) is 24.3 Å². The molecule has 2 aromatic rings. The molecule has 0 saturated carbocycles. The summed E-state index contributed by atoms with van der Waals surface area (Å²) in [5, 5.41) is 0.657. The summed E-state index contributed by atoms with van der Waals surface area (Å²) in [6.45, 7) is -2.84. The van der Waals surface area contributed by atoms with Crippen LogP contribution in [0.25, 0.3) is 0 Å². The van der Waals surface area contributed by atoms with Crippen molar-refractivity contribution in [3.63, 3.8) is 0 Å². The van der Waals surface area contributed by atoms with E-state index in [4.69, 9.17) is 11.6 Å². The molecule has 0 aliphatic heterocycles. The molecule has 0 bridgehead atoms. The second-order valence-electron chi connectivity index (χ2n) is 4.18. The molecule has 0 aliphatic carbocycles. The number of halogens is 4. The van der Waals surface area contributed by atoms with E-state index < -0.39 is 6.61 Å². The number of alkyl halides is 3. The van der Waals surface area contributed by atoms with E-state index in [0.717, 1.165) is 5.56 Å². The Labute approximate surface area is 129 Å². The van der Waals surface area contributed by atoms with Gasteiger partial charge in [0.15, 0.2) is 0 Å². The van der Waals surface area contributed by atoms with Gasteiger partial charge in [-0.2, -0.15) is 8.78 Å². The van der Waals surface area contributed by atoms with Crippen LogP contribution in [-0.4, -0.2) is 6.61 Å². The highest BCUT2D eigenvalue weighted by Crippen LogP contribution is 2.35. The van der Waals surface area contributed by atoms with Crippen molar-refractivity contribution in [2.75, 3.05) is 0 Å². The highest BCUT2D eigenvalue weighted by molar-refractivity contribution is 9.09. The minimum atomic E-state index is -2.84. The Morgan fingerprint density at radius 3 is 2.40 bits per heavy atom. The van der Waals surface area contributed by atoms with Crippen LogP contribution >= 0.6 is 27.5 Å². The van der Waals surface area contributed by atoms with Crippen LogP contribution in [0.1, 0.15) is 16.0 Å². The van der Waals surface area contributed by atoms with Crippen LogP contribution in [0.3, 0.4) is 0 Å². The summed E-state index contributed by atoms with van der Waals surface area (Å²) in [4.78, 5) is -0.155. The van der Waals surface area contributed by atoms with Gasteiger partial charge in [0.05, 0.1) is 0 Å². The smallest absolute Gasteiger partial charge is 0.387 e. The van der Waals surface area contributed by atoms with Crippen LogP contribution < -0.4 is 4.74 Å². The molecule has 0 radical (unpaired) electrons. The maximum Gasteiger partial charge on any atom is 0.387 e. The van der Waals surface area contributed by atoms with E-state index >= 15 is 0 Å². The van der Waals surface area contributed by atoms with Gasteiger partial charge in [-0.1, -0.05) is 63.9 Å². The first-order chi connectivity index (χ1) is 9.58. The van der Waals surface area contributed by atoms with Crippen molar-refractivity contribution in [3.05, 3.63) is 64.7 Å². The van der Waals surface area contributed by atoms with Crippen LogP contribution in [0, 0.1) is 0 Å². The van der Waals surface area contributed by atoms with Gasteiger partial charge in [0.1, 0.15) is 5.75 Å². The molecule has 2 rings (SSSR count). The fourth-order valence-electron chi connectivity index (χ4n) is 1.91. The molecule has 1 unspecified atom stereocenters. The molecular weight excluding hydrogens is 350 g/mol. The molecule has 2 aromatic carbocycles. The van der Waals surface area contributed by atoms with E-state index in [-0.39, 0.29) is 10.6 Å². The van der Waals surface area contributed by atoms with Crippen LogP contribution in [0.4, 0.5) is 8.78 Å². The lowest BCUT2D eigenvalue weighted by Crippen LogP contribution is -2.06. The lowest BCUT2D eigenvalue weighted by atomic mass is 10.0. The zero-order chi connectivity index (χ0) is 14.5. The van der Waals surface area contributed by atoms with Crippen molar-refractivity contribution in [2.45, 2.75) is 17.9 Å². The van der Waals surface area contributed by atoms with Gasteiger partial charge in [0.25, 0.3) is 0 Å². The normalized spacial score (nSPS) is 12.4. The summed E-state index contributed by atoms with van der Waals surface area (Å²) in [5.74, 6) is 0.177. The molecular formula is C15H12BrClF2O. The Hall–Kier alpha value is -1.13. The lowest BCUT2D eigenvalue weighted by molar-refractivity contribution is -0.0504. The third-order valence-electron chi connectivity index (χ3n) is 2.83. The molecule has 0 heterocycles. The quantitative estimate of drug-likeness (QED) is 0.628. The average molecular weight is 362 g/mol. The second-order valence-corrected chi connectivity index (χ2v) is 5.69. The molecule has 0 spiro atoms. The topological polar surface area (TPSA) is 9.23 Å². The van der Waals surface area contributed by atoms with Gasteiger partial charge >= 0.3 is 6.61 Å². The van der Waals surface area contributed by atoms with Gasteiger partial charge < -0.3 is 4.74 Å². The fraction of sp³-hybridized carbons (Fsp3) is 0.200. The molecule has 1 atom stereocenters. The van der Waals surface area contributed by atoms with Gasteiger partial charge in [0, 0.05) is 15.4 Å². The van der Waals surface area contributed by atoms with Crippen LogP contribution in [0.15, 0.2) is 48.5 Å². The SMILES string of the molecule is FC(F)Oc1ccccc1C(Br)Cc1ccccc1Cl. The number of hydrogen-bond donors (Lipinski definition) is 0. The zero-order valence-electron chi connectivity index (χ0n) is 10.4. The first kappa shape index (κ1) is 15.3. The number of hydrogen-bond acceptors (Lipinski definition) is 1. The third kappa shape index (κ3) is 3.93. The predicted octanol–water partition coefficient (Wildman–Crippen LogP) is 5.62. The largest absolute Gasteiger partial charge is 0.435 e. The summed E-state index contributed by atoms with van der Waals surface area (Å²) in [7, 11) is 0. The third-order valence-corrected chi connectivity index (χ3v) is 4.02. The standard InChI is InChI=1S/C15H12BrClF2O/c16-12(9-10-5-1-3-7-13(10)17)11-6-2-4-8-14(11)20-15(18)19/h1-8,12,15H,9H2. The van der Waals surface area contributed by atoms with Crippen molar-refractivity contribution in [3.8, 4) is 5.75 Å². The highest BCUT2D eigenvalue weighted by atomic mass is 79.9. The molecule has 0 amide bonds. The first-order valence-corrected chi connectivity index (χ1v) is 7.28. The van der Waals surface area contributed by atoms with Gasteiger partial charge in [-0.15, -0.1) is 0 Å². The van der Waals surface area contributed by atoms with E-state index in [2.05, 4.69) is 20.7 Å². The van der Waals surface area contributed by atoms with Gasteiger partial charge in [-0.3, -0.25) is 0 Å². The molecule has 5 heteroatoms. The Kier molecular flexibility index (Phi) is 5.38. The second kappa shape index (κ2) is 7.04. The minimum absolute atomic E-state index is 0.155. The molecule has 0 fully saturated rings. The van der Waals surface area contributed by atoms with E-state index in [1.165, 1.54) is 6.07 Å². The summed E-state index contributed by atoms with van der Waals surface area (Å²) < 4.78 is 29.3. The summed E-state index contributed by atoms with van der Waals surface area (Å²) >= 11 is 9.62. The van der Waals surface area contributed by atoms with Crippen molar-refractivity contribution < 1.29 is 13.5 Å². The van der Waals surface area contributed by atoms with Crippen LogP contribution in [0.2, 0.25) is 5.02 Å². The molecule has 0 aromatic heterocycles. The van der Waals surface area contributed by atoms with E-state index in [1.807, 2.05) is 18.2 Å².